The lowest BCUT2D eigenvalue weighted by atomic mass is 10.1. The van der Waals surface area contributed by atoms with Gasteiger partial charge in [0.15, 0.2) is 11.8 Å². The average molecular weight is 530 g/mol. The molecule has 30 heavy (non-hydrogen) atoms. The van der Waals surface area contributed by atoms with Crippen molar-refractivity contribution in [1.82, 2.24) is 25.4 Å². The van der Waals surface area contributed by atoms with Crippen LogP contribution in [0.4, 0.5) is 0 Å². The zero-order valence-electron chi connectivity index (χ0n) is 18.5. The molecule has 0 aliphatic carbocycles. The SMILES string of the molecule is CCOCCCCNC(=NCc1nnc(C)n1C)NCCc1ccc(OC)cc1.I. The van der Waals surface area contributed by atoms with E-state index in [1.54, 1.807) is 7.11 Å². The van der Waals surface area contributed by atoms with Crippen LogP contribution in [-0.4, -0.2) is 54.1 Å². The van der Waals surface area contributed by atoms with Crippen molar-refractivity contribution in [2.75, 3.05) is 33.4 Å². The summed E-state index contributed by atoms with van der Waals surface area (Å²) in [6.45, 7) is 7.63. The van der Waals surface area contributed by atoms with Gasteiger partial charge in [-0.2, -0.15) is 0 Å². The second-order valence-corrected chi connectivity index (χ2v) is 6.74. The number of hydrogen-bond acceptors (Lipinski definition) is 5. The summed E-state index contributed by atoms with van der Waals surface area (Å²) in [7, 11) is 3.64. The normalized spacial score (nSPS) is 11.1. The molecule has 0 aliphatic rings. The molecular weight excluding hydrogens is 495 g/mol. The number of hydrogen-bond donors (Lipinski definition) is 2. The van der Waals surface area contributed by atoms with Crippen LogP contribution in [0.5, 0.6) is 5.75 Å². The van der Waals surface area contributed by atoms with Gasteiger partial charge in [0, 0.05) is 33.4 Å². The molecule has 0 spiro atoms. The molecule has 9 heteroatoms. The Labute approximate surface area is 196 Å². The first-order valence-electron chi connectivity index (χ1n) is 10.2. The first-order chi connectivity index (χ1) is 14.1. The second-order valence-electron chi connectivity index (χ2n) is 6.74. The van der Waals surface area contributed by atoms with Gasteiger partial charge in [-0.25, -0.2) is 4.99 Å². The Bertz CT molecular complexity index is 748. The van der Waals surface area contributed by atoms with E-state index < -0.39 is 0 Å². The van der Waals surface area contributed by atoms with Gasteiger partial charge in [-0.05, 0) is 50.8 Å². The number of aromatic nitrogens is 3. The van der Waals surface area contributed by atoms with Crippen molar-refractivity contribution in [3.05, 3.63) is 41.5 Å². The molecule has 0 unspecified atom stereocenters. The van der Waals surface area contributed by atoms with Crippen molar-refractivity contribution in [3.8, 4) is 5.75 Å². The van der Waals surface area contributed by atoms with Crippen molar-refractivity contribution < 1.29 is 9.47 Å². The highest BCUT2D eigenvalue weighted by Crippen LogP contribution is 2.11. The highest BCUT2D eigenvalue weighted by atomic mass is 127. The summed E-state index contributed by atoms with van der Waals surface area (Å²) in [4.78, 5) is 4.68. The van der Waals surface area contributed by atoms with E-state index in [9.17, 15) is 0 Å². The number of aryl methyl sites for hydroxylation is 1. The maximum atomic E-state index is 5.39. The van der Waals surface area contributed by atoms with E-state index in [0.717, 1.165) is 68.9 Å². The zero-order valence-corrected chi connectivity index (χ0v) is 20.8. The lowest BCUT2D eigenvalue weighted by Crippen LogP contribution is -2.39. The third-order valence-electron chi connectivity index (χ3n) is 4.64. The van der Waals surface area contributed by atoms with Crippen LogP contribution in [-0.2, 0) is 24.8 Å². The largest absolute Gasteiger partial charge is 0.497 e. The molecule has 2 N–H and O–H groups in total. The molecule has 8 nitrogen and oxygen atoms in total. The minimum atomic E-state index is 0. The lowest BCUT2D eigenvalue weighted by molar-refractivity contribution is 0.143. The summed E-state index contributed by atoms with van der Waals surface area (Å²) in [5.74, 6) is 3.38. The number of nitrogens with zero attached hydrogens (tertiary/aromatic N) is 4. The fourth-order valence-corrected chi connectivity index (χ4v) is 2.71. The number of nitrogens with one attached hydrogen (secondary N) is 2. The van der Waals surface area contributed by atoms with Gasteiger partial charge in [-0.15, -0.1) is 34.2 Å². The highest BCUT2D eigenvalue weighted by molar-refractivity contribution is 14.0. The summed E-state index contributed by atoms with van der Waals surface area (Å²) in [6.07, 6.45) is 2.96. The van der Waals surface area contributed by atoms with Crippen LogP contribution in [0.3, 0.4) is 0 Å². The summed E-state index contributed by atoms with van der Waals surface area (Å²) < 4.78 is 12.6. The van der Waals surface area contributed by atoms with Gasteiger partial charge >= 0.3 is 0 Å². The molecule has 1 aromatic heterocycles. The number of ether oxygens (including phenoxy) is 2. The third-order valence-corrected chi connectivity index (χ3v) is 4.64. The van der Waals surface area contributed by atoms with E-state index in [0.29, 0.717) is 6.54 Å². The monoisotopic (exact) mass is 530 g/mol. The van der Waals surface area contributed by atoms with Gasteiger partial charge in [0.25, 0.3) is 0 Å². The van der Waals surface area contributed by atoms with Crippen LogP contribution in [0.1, 0.15) is 37.0 Å². The lowest BCUT2D eigenvalue weighted by Gasteiger charge is -2.13. The number of unbranched alkanes of at least 4 members (excludes halogenated alkanes) is 1. The van der Waals surface area contributed by atoms with E-state index in [4.69, 9.17) is 9.47 Å². The van der Waals surface area contributed by atoms with Crippen molar-refractivity contribution in [2.24, 2.45) is 12.0 Å². The Morgan fingerprint density at radius 1 is 1.10 bits per heavy atom. The van der Waals surface area contributed by atoms with Gasteiger partial charge in [0.1, 0.15) is 18.1 Å². The van der Waals surface area contributed by atoms with E-state index >= 15 is 0 Å². The molecule has 0 aliphatic heterocycles. The number of aliphatic imine (C=N–C) groups is 1. The Balaban J connectivity index is 0.00000450. The van der Waals surface area contributed by atoms with E-state index in [-0.39, 0.29) is 24.0 Å². The van der Waals surface area contributed by atoms with Crippen molar-refractivity contribution in [3.63, 3.8) is 0 Å². The van der Waals surface area contributed by atoms with Crippen LogP contribution in [0.25, 0.3) is 0 Å². The predicted octanol–water partition coefficient (Wildman–Crippen LogP) is 2.84. The van der Waals surface area contributed by atoms with Gasteiger partial charge in [0.05, 0.1) is 7.11 Å². The average Bonchev–Trinajstić information content (AvgIpc) is 3.06. The van der Waals surface area contributed by atoms with Crippen molar-refractivity contribution in [1.29, 1.82) is 0 Å². The molecule has 1 heterocycles. The fraction of sp³-hybridized carbons (Fsp3) is 0.571. The summed E-state index contributed by atoms with van der Waals surface area (Å²) in [5.41, 5.74) is 1.25. The molecule has 0 saturated carbocycles. The van der Waals surface area contributed by atoms with E-state index in [1.807, 2.05) is 37.6 Å². The summed E-state index contributed by atoms with van der Waals surface area (Å²) in [6, 6.07) is 8.14. The predicted molar refractivity (Wildman–Crippen MR) is 131 cm³/mol. The van der Waals surface area contributed by atoms with Crippen molar-refractivity contribution in [2.45, 2.75) is 39.7 Å². The Kier molecular flexibility index (Phi) is 13.1. The maximum Gasteiger partial charge on any atom is 0.191 e. The molecule has 2 rings (SSSR count). The first kappa shape index (κ1) is 26.2. The molecular formula is C21H35IN6O2. The number of methoxy groups -OCH3 is 1. The fourth-order valence-electron chi connectivity index (χ4n) is 2.71. The Morgan fingerprint density at radius 3 is 2.47 bits per heavy atom. The minimum Gasteiger partial charge on any atom is -0.497 e. The Morgan fingerprint density at radius 2 is 1.83 bits per heavy atom. The standard InChI is InChI=1S/C21H34N6O2.HI/c1-5-29-15-7-6-13-22-21(24-16-20-26-25-17(2)27(20)3)23-14-12-18-8-10-19(28-4)11-9-18;/h8-11H,5-7,12-16H2,1-4H3,(H2,22,23,24);1H. The van der Waals surface area contributed by atoms with Gasteiger partial charge in [0.2, 0.25) is 0 Å². The molecule has 0 radical (unpaired) electrons. The molecule has 0 amide bonds. The molecule has 0 saturated heterocycles. The van der Waals surface area contributed by atoms with Gasteiger partial charge < -0.3 is 24.7 Å². The number of guanidine groups is 1. The molecule has 1 aromatic carbocycles. The van der Waals surface area contributed by atoms with Crippen LogP contribution >= 0.6 is 24.0 Å². The number of rotatable bonds is 12. The topological polar surface area (TPSA) is 85.6 Å². The van der Waals surface area contributed by atoms with E-state index in [1.165, 1.54) is 5.56 Å². The molecule has 2 aromatic rings. The maximum absolute atomic E-state index is 5.39. The van der Waals surface area contributed by atoms with E-state index in [2.05, 4.69) is 38.0 Å². The summed E-state index contributed by atoms with van der Waals surface area (Å²) in [5, 5.41) is 15.1. The van der Waals surface area contributed by atoms with Crippen LogP contribution < -0.4 is 15.4 Å². The highest BCUT2D eigenvalue weighted by Gasteiger charge is 2.05. The molecule has 168 valence electrons. The van der Waals surface area contributed by atoms with Crippen LogP contribution in [0.15, 0.2) is 29.3 Å². The van der Waals surface area contributed by atoms with Gasteiger partial charge in [-0.3, -0.25) is 0 Å². The third kappa shape index (κ3) is 9.29. The van der Waals surface area contributed by atoms with Crippen LogP contribution in [0, 0.1) is 6.92 Å². The number of halogens is 1. The van der Waals surface area contributed by atoms with Crippen LogP contribution in [0.2, 0.25) is 0 Å². The minimum absolute atomic E-state index is 0. The quantitative estimate of drug-likeness (QED) is 0.190. The first-order valence-corrected chi connectivity index (χ1v) is 10.2. The number of benzene rings is 1. The Hall–Kier alpha value is -1.88. The summed E-state index contributed by atoms with van der Waals surface area (Å²) >= 11 is 0. The second kappa shape index (κ2) is 15.0. The molecule has 0 fully saturated rings. The van der Waals surface area contributed by atoms with Gasteiger partial charge in [-0.1, -0.05) is 12.1 Å². The molecule has 0 bridgehead atoms. The molecule has 0 atom stereocenters. The zero-order chi connectivity index (χ0) is 20.9. The smallest absolute Gasteiger partial charge is 0.191 e. The van der Waals surface area contributed by atoms with Crippen molar-refractivity contribution >= 4 is 29.9 Å².